The summed E-state index contributed by atoms with van der Waals surface area (Å²) in [5, 5.41) is 0. The number of carbonyl (C=O) groups excluding carboxylic acids is 1. The van der Waals surface area contributed by atoms with Gasteiger partial charge in [-0.25, -0.2) is 4.79 Å². The first-order chi connectivity index (χ1) is 8.47. The van der Waals surface area contributed by atoms with Gasteiger partial charge in [0.15, 0.2) is 5.60 Å². The summed E-state index contributed by atoms with van der Waals surface area (Å²) in [6.45, 7) is 9.09. The summed E-state index contributed by atoms with van der Waals surface area (Å²) < 4.78 is 17.0. The molecule has 0 N–H and O–H groups in total. The molecule has 0 radical (unpaired) electrons. The van der Waals surface area contributed by atoms with Crippen LogP contribution in [0.25, 0.3) is 0 Å². The quantitative estimate of drug-likeness (QED) is 0.572. The molecular formula is C14H24O4. The molecule has 0 bridgehead atoms. The number of carbonyl (C=O) groups is 1. The minimum Gasteiger partial charge on any atom is -0.464 e. The van der Waals surface area contributed by atoms with Gasteiger partial charge in [0, 0.05) is 12.8 Å². The standard InChI is InChI=1S/C14H24O4/c1-5-12(4)10-13(8-9-17-12)14(6-2,18-13)11(15)16-7-3/h5-10H2,1-4H3. The van der Waals surface area contributed by atoms with Gasteiger partial charge in [-0.1, -0.05) is 13.8 Å². The van der Waals surface area contributed by atoms with Crippen molar-refractivity contribution in [3.8, 4) is 0 Å². The zero-order chi connectivity index (χ0) is 13.4. The van der Waals surface area contributed by atoms with E-state index in [0.717, 1.165) is 19.3 Å². The van der Waals surface area contributed by atoms with Crippen molar-refractivity contribution >= 4 is 5.97 Å². The van der Waals surface area contributed by atoms with E-state index in [1.807, 2.05) is 13.8 Å². The lowest BCUT2D eigenvalue weighted by atomic mass is 9.77. The number of rotatable bonds is 4. The van der Waals surface area contributed by atoms with E-state index in [2.05, 4.69) is 13.8 Å². The van der Waals surface area contributed by atoms with Crippen molar-refractivity contribution in [1.29, 1.82) is 0 Å². The third-order valence-electron chi connectivity index (χ3n) is 4.53. The summed E-state index contributed by atoms with van der Waals surface area (Å²) in [5.41, 5.74) is -1.25. The molecule has 3 atom stereocenters. The maximum Gasteiger partial charge on any atom is 0.341 e. The molecule has 3 unspecified atom stereocenters. The third kappa shape index (κ3) is 1.86. The summed E-state index contributed by atoms with van der Waals surface area (Å²) in [6, 6.07) is 0. The van der Waals surface area contributed by atoms with Crippen LogP contribution in [0, 0.1) is 0 Å². The molecular weight excluding hydrogens is 232 g/mol. The number of epoxide rings is 1. The van der Waals surface area contributed by atoms with Gasteiger partial charge in [0.05, 0.1) is 18.8 Å². The predicted octanol–water partition coefficient (Wildman–Crippen LogP) is 2.45. The van der Waals surface area contributed by atoms with Crippen LogP contribution < -0.4 is 0 Å². The Bertz CT molecular complexity index is 343. The van der Waals surface area contributed by atoms with Crippen molar-refractivity contribution in [2.24, 2.45) is 0 Å². The molecule has 2 saturated heterocycles. The molecule has 0 aromatic heterocycles. The molecule has 0 aliphatic carbocycles. The Kier molecular flexibility index (Phi) is 3.45. The SMILES string of the molecule is CCOC(=O)C1(CC)OC12CCOC(C)(CC)C2. The van der Waals surface area contributed by atoms with Crippen LogP contribution in [0.5, 0.6) is 0 Å². The first-order valence-corrected chi connectivity index (χ1v) is 6.99. The summed E-state index contributed by atoms with van der Waals surface area (Å²) in [6.07, 6.45) is 3.17. The smallest absolute Gasteiger partial charge is 0.341 e. The highest BCUT2D eigenvalue weighted by atomic mass is 16.7. The monoisotopic (exact) mass is 256 g/mol. The largest absolute Gasteiger partial charge is 0.464 e. The Hall–Kier alpha value is -0.610. The molecule has 18 heavy (non-hydrogen) atoms. The maximum absolute atomic E-state index is 12.1. The molecule has 0 aromatic rings. The lowest BCUT2D eigenvalue weighted by Gasteiger charge is -2.37. The highest BCUT2D eigenvalue weighted by Crippen LogP contribution is 2.59. The van der Waals surface area contributed by atoms with Crippen LogP contribution in [0.1, 0.15) is 53.4 Å². The minimum absolute atomic E-state index is 0.179. The van der Waals surface area contributed by atoms with E-state index in [9.17, 15) is 4.79 Å². The van der Waals surface area contributed by atoms with E-state index >= 15 is 0 Å². The van der Waals surface area contributed by atoms with Crippen LogP contribution in [-0.2, 0) is 19.0 Å². The lowest BCUT2D eigenvalue weighted by molar-refractivity contribution is -0.150. The maximum atomic E-state index is 12.1. The van der Waals surface area contributed by atoms with Gasteiger partial charge in [0.25, 0.3) is 0 Å². The van der Waals surface area contributed by atoms with Gasteiger partial charge >= 0.3 is 5.97 Å². The van der Waals surface area contributed by atoms with E-state index in [1.165, 1.54) is 0 Å². The second kappa shape index (κ2) is 4.49. The van der Waals surface area contributed by atoms with Crippen molar-refractivity contribution in [2.45, 2.75) is 70.2 Å². The summed E-state index contributed by atoms with van der Waals surface area (Å²) in [5.74, 6) is -0.201. The van der Waals surface area contributed by atoms with E-state index in [-0.39, 0.29) is 17.2 Å². The Morgan fingerprint density at radius 1 is 1.28 bits per heavy atom. The normalized spacial score (nSPS) is 42.9. The highest BCUT2D eigenvalue weighted by Gasteiger charge is 2.76. The van der Waals surface area contributed by atoms with E-state index in [1.54, 1.807) is 0 Å². The van der Waals surface area contributed by atoms with Crippen molar-refractivity contribution in [1.82, 2.24) is 0 Å². The molecule has 0 amide bonds. The predicted molar refractivity (Wildman–Crippen MR) is 67.4 cm³/mol. The van der Waals surface area contributed by atoms with Gasteiger partial charge in [0.2, 0.25) is 0 Å². The van der Waals surface area contributed by atoms with Gasteiger partial charge in [-0.2, -0.15) is 0 Å². The van der Waals surface area contributed by atoms with Crippen molar-refractivity contribution in [3.05, 3.63) is 0 Å². The molecule has 4 nitrogen and oxygen atoms in total. The van der Waals surface area contributed by atoms with Crippen LogP contribution in [0.3, 0.4) is 0 Å². The molecule has 0 saturated carbocycles. The van der Waals surface area contributed by atoms with Crippen molar-refractivity contribution in [2.75, 3.05) is 13.2 Å². The van der Waals surface area contributed by atoms with E-state index in [0.29, 0.717) is 19.6 Å². The van der Waals surface area contributed by atoms with Gasteiger partial charge in [-0.3, -0.25) is 0 Å². The second-order valence-corrected chi connectivity index (χ2v) is 5.58. The molecule has 2 aliphatic rings. The van der Waals surface area contributed by atoms with E-state index in [4.69, 9.17) is 14.2 Å². The van der Waals surface area contributed by atoms with Gasteiger partial charge in [0.1, 0.15) is 5.60 Å². The zero-order valence-electron chi connectivity index (χ0n) is 11.9. The molecule has 2 aliphatic heterocycles. The number of hydrogen-bond acceptors (Lipinski definition) is 4. The fourth-order valence-electron chi connectivity index (χ4n) is 3.19. The molecule has 4 heteroatoms. The van der Waals surface area contributed by atoms with Crippen molar-refractivity contribution in [3.63, 3.8) is 0 Å². The molecule has 1 spiro atoms. The molecule has 0 aromatic carbocycles. The Labute approximate surface area is 109 Å². The van der Waals surface area contributed by atoms with Crippen LogP contribution >= 0.6 is 0 Å². The Morgan fingerprint density at radius 2 is 2.00 bits per heavy atom. The average molecular weight is 256 g/mol. The third-order valence-corrected chi connectivity index (χ3v) is 4.53. The topological polar surface area (TPSA) is 48.1 Å². The fourth-order valence-corrected chi connectivity index (χ4v) is 3.19. The number of hydrogen-bond donors (Lipinski definition) is 0. The van der Waals surface area contributed by atoms with Crippen LogP contribution in [-0.4, -0.2) is 36.0 Å². The van der Waals surface area contributed by atoms with Gasteiger partial charge < -0.3 is 14.2 Å². The van der Waals surface area contributed by atoms with Crippen LogP contribution in [0.15, 0.2) is 0 Å². The summed E-state index contributed by atoms with van der Waals surface area (Å²) >= 11 is 0. The van der Waals surface area contributed by atoms with Gasteiger partial charge in [-0.05, 0) is 26.7 Å². The number of ether oxygens (including phenoxy) is 3. The van der Waals surface area contributed by atoms with Crippen LogP contribution in [0.4, 0.5) is 0 Å². The first kappa shape index (κ1) is 13.8. The zero-order valence-corrected chi connectivity index (χ0v) is 11.9. The van der Waals surface area contributed by atoms with Gasteiger partial charge in [-0.15, -0.1) is 0 Å². The highest BCUT2D eigenvalue weighted by molar-refractivity contribution is 5.85. The summed E-state index contributed by atoms with van der Waals surface area (Å²) in [7, 11) is 0. The lowest BCUT2D eigenvalue weighted by Crippen LogP contribution is -2.46. The Balaban J connectivity index is 2.17. The first-order valence-electron chi connectivity index (χ1n) is 6.99. The molecule has 104 valence electrons. The molecule has 2 fully saturated rings. The molecule has 2 heterocycles. The Morgan fingerprint density at radius 3 is 2.56 bits per heavy atom. The van der Waals surface area contributed by atoms with E-state index < -0.39 is 5.60 Å². The van der Waals surface area contributed by atoms with Crippen LogP contribution in [0.2, 0.25) is 0 Å². The molecule has 2 rings (SSSR count). The number of esters is 1. The van der Waals surface area contributed by atoms with Crippen molar-refractivity contribution < 1.29 is 19.0 Å². The second-order valence-electron chi connectivity index (χ2n) is 5.58. The minimum atomic E-state index is -0.719. The fraction of sp³-hybridized carbons (Fsp3) is 0.929. The summed E-state index contributed by atoms with van der Waals surface area (Å²) in [4.78, 5) is 12.1. The average Bonchev–Trinajstić information content (AvgIpc) is 2.97.